The van der Waals surface area contributed by atoms with Crippen molar-refractivity contribution in [2.24, 2.45) is 5.41 Å². The molecule has 25 heavy (non-hydrogen) atoms. The van der Waals surface area contributed by atoms with Crippen LogP contribution < -0.4 is 5.32 Å². The van der Waals surface area contributed by atoms with Crippen molar-refractivity contribution in [1.82, 2.24) is 9.78 Å². The van der Waals surface area contributed by atoms with Crippen LogP contribution in [0.25, 0.3) is 0 Å². The number of nitrogens with one attached hydrogen (secondary N) is 1. The zero-order chi connectivity index (χ0) is 17.7. The molecule has 132 valence electrons. The SMILES string of the molecule is CCOC(=O)C1(CC(=O)Nc2ccc(Cn3cccn3)cc2)CCC1. The number of carbonyl (C=O) groups is 2. The van der Waals surface area contributed by atoms with Gasteiger partial charge in [-0.3, -0.25) is 14.3 Å². The predicted molar refractivity (Wildman–Crippen MR) is 93.9 cm³/mol. The van der Waals surface area contributed by atoms with Crippen LogP contribution >= 0.6 is 0 Å². The van der Waals surface area contributed by atoms with E-state index in [0.717, 1.165) is 30.5 Å². The number of aromatic nitrogens is 2. The highest BCUT2D eigenvalue weighted by Gasteiger charge is 2.46. The van der Waals surface area contributed by atoms with E-state index in [-0.39, 0.29) is 18.3 Å². The topological polar surface area (TPSA) is 73.2 Å². The fraction of sp³-hybridized carbons (Fsp3) is 0.421. The molecule has 0 bridgehead atoms. The molecule has 1 aromatic carbocycles. The van der Waals surface area contributed by atoms with E-state index in [1.165, 1.54) is 0 Å². The Morgan fingerprint density at radius 1 is 1.28 bits per heavy atom. The Morgan fingerprint density at radius 3 is 2.60 bits per heavy atom. The number of amides is 1. The monoisotopic (exact) mass is 341 g/mol. The van der Waals surface area contributed by atoms with Crippen LogP contribution in [0.2, 0.25) is 0 Å². The quantitative estimate of drug-likeness (QED) is 0.786. The van der Waals surface area contributed by atoms with Crippen molar-refractivity contribution in [3.05, 3.63) is 48.3 Å². The second-order valence-corrected chi connectivity index (χ2v) is 6.48. The van der Waals surface area contributed by atoms with Crippen molar-refractivity contribution in [1.29, 1.82) is 0 Å². The van der Waals surface area contributed by atoms with E-state index in [1.807, 2.05) is 41.2 Å². The lowest BCUT2D eigenvalue weighted by molar-refractivity contribution is -0.163. The molecule has 1 saturated carbocycles. The second-order valence-electron chi connectivity index (χ2n) is 6.48. The van der Waals surface area contributed by atoms with Gasteiger partial charge in [-0.2, -0.15) is 5.10 Å². The van der Waals surface area contributed by atoms with Gasteiger partial charge in [-0.15, -0.1) is 0 Å². The van der Waals surface area contributed by atoms with Gasteiger partial charge >= 0.3 is 5.97 Å². The summed E-state index contributed by atoms with van der Waals surface area (Å²) >= 11 is 0. The van der Waals surface area contributed by atoms with Gasteiger partial charge in [-0.25, -0.2) is 0 Å². The van der Waals surface area contributed by atoms with Crippen LogP contribution in [0.15, 0.2) is 42.7 Å². The molecule has 0 saturated heterocycles. The fourth-order valence-corrected chi connectivity index (χ4v) is 3.13. The van der Waals surface area contributed by atoms with E-state index in [2.05, 4.69) is 10.4 Å². The molecular weight excluding hydrogens is 318 g/mol. The molecule has 2 aromatic rings. The van der Waals surface area contributed by atoms with Gasteiger partial charge in [0.1, 0.15) is 0 Å². The number of anilines is 1. The minimum Gasteiger partial charge on any atom is -0.466 e. The van der Waals surface area contributed by atoms with Crippen LogP contribution in [-0.2, 0) is 20.9 Å². The summed E-state index contributed by atoms with van der Waals surface area (Å²) < 4.78 is 6.98. The van der Waals surface area contributed by atoms with Crippen molar-refractivity contribution in [3.8, 4) is 0 Å². The highest BCUT2D eigenvalue weighted by atomic mass is 16.5. The zero-order valence-electron chi connectivity index (χ0n) is 14.4. The first-order valence-electron chi connectivity index (χ1n) is 8.65. The molecule has 1 fully saturated rings. The first-order chi connectivity index (χ1) is 12.1. The molecule has 6 nitrogen and oxygen atoms in total. The largest absolute Gasteiger partial charge is 0.466 e. The third-order valence-corrected chi connectivity index (χ3v) is 4.66. The van der Waals surface area contributed by atoms with Crippen LogP contribution in [0.1, 0.15) is 38.2 Å². The van der Waals surface area contributed by atoms with Gasteiger partial charge in [0.05, 0.1) is 18.6 Å². The van der Waals surface area contributed by atoms with E-state index >= 15 is 0 Å². The van der Waals surface area contributed by atoms with Crippen LogP contribution in [0.3, 0.4) is 0 Å². The maximum Gasteiger partial charge on any atom is 0.312 e. The first-order valence-corrected chi connectivity index (χ1v) is 8.65. The summed E-state index contributed by atoms with van der Waals surface area (Å²) in [5.74, 6) is -0.390. The Hall–Kier alpha value is -2.63. The van der Waals surface area contributed by atoms with Gasteiger partial charge in [-0.1, -0.05) is 18.6 Å². The Balaban J connectivity index is 1.56. The Bertz CT molecular complexity index is 719. The first kappa shape index (κ1) is 17.2. The summed E-state index contributed by atoms with van der Waals surface area (Å²) in [6.07, 6.45) is 6.25. The molecule has 0 unspecified atom stereocenters. The van der Waals surface area contributed by atoms with Crippen LogP contribution in [0.5, 0.6) is 0 Å². The van der Waals surface area contributed by atoms with Gasteiger partial charge in [-0.05, 0) is 43.5 Å². The maximum atomic E-state index is 12.3. The van der Waals surface area contributed by atoms with Crippen molar-refractivity contribution in [2.75, 3.05) is 11.9 Å². The molecule has 1 heterocycles. The van der Waals surface area contributed by atoms with Crippen molar-refractivity contribution >= 4 is 17.6 Å². The smallest absolute Gasteiger partial charge is 0.312 e. The van der Waals surface area contributed by atoms with Crippen molar-refractivity contribution in [2.45, 2.75) is 39.2 Å². The summed E-state index contributed by atoms with van der Waals surface area (Å²) in [7, 11) is 0. The molecule has 1 N–H and O–H groups in total. The number of rotatable bonds is 7. The van der Waals surface area contributed by atoms with Gasteiger partial charge < -0.3 is 10.1 Å². The van der Waals surface area contributed by atoms with Gasteiger partial charge in [0.2, 0.25) is 5.91 Å². The van der Waals surface area contributed by atoms with Crippen molar-refractivity contribution in [3.63, 3.8) is 0 Å². The lowest BCUT2D eigenvalue weighted by atomic mass is 9.66. The summed E-state index contributed by atoms with van der Waals surface area (Å²) in [6, 6.07) is 9.54. The van der Waals surface area contributed by atoms with Crippen molar-refractivity contribution < 1.29 is 14.3 Å². The van der Waals surface area contributed by atoms with E-state index in [1.54, 1.807) is 13.1 Å². The van der Waals surface area contributed by atoms with Crippen LogP contribution in [0.4, 0.5) is 5.69 Å². The van der Waals surface area contributed by atoms with E-state index < -0.39 is 5.41 Å². The van der Waals surface area contributed by atoms with Gasteiger partial charge in [0.25, 0.3) is 0 Å². The molecule has 0 radical (unpaired) electrons. The third-order valence-electron chi connectivity index (χ3n) is 4.66. The molecule has 1 aliphatic rings. The minimum atomic E-state index is -0.625. The molecule has 0 spiro atoms. The molecule has 1 aliphatic carbocycles. The predicted octanol–water partition coefficient (Wildman–Crippen LogP) is 2.99. The maximum absolute atomic E-state index is 12.3. The summed E-state index contributed by atoms with van der Waals surface area (Å²) in [6.45, 7) is 2.82. The average Bonchev–Trinajstić information content (AvgIpc) is 3.06. The van der Waals surface area contributed by atoms with E-state index in [0.29, 0.717) is 13.2 Å². The summed E-state index contributed by atoms with van der Waals surface area (Å²) in [5, 5.41) is 7.05. The molecule has 3 rings (SSSR count). The summed E-state index contributed by atoms with van der Waals surface area (Å²) in [4.78, 5) is 24.5. The van der Waals surface area contributed by atoms with Gasteiger partial charge in [0, 0.05) is 24.5 Å². The standard InChI is InChI=1S/C19H23N3O3/c1-2-25-18(24)19(9-3-10-19)13-17(23)21-16-7-5-15(6-8-16)14-22-12-4-11-20-22/h4-8,11-12H,2-3,9-10,13-14H2,1H3,(H,21,23). The Morgan fingerprint density at radius 2 is 2.04 bits per heavy atom. The number of nitrogens with zero attached hydrogens (tertiary/aromatic N) is 2. The second kappa shape index (κ2) is 7.51. The number of ether oxygens (including phenoxy) is 1. The lowest BCUT2D eigenvalue weighted by Gasteiger charge is -2.38. The molecule has 1 aromatic heterocycles. The molecule has 6 heteroatoms. The highest BCUT2D eigenvalue weighted by Crippen LogP contribution is 2.45. The number of hydrogen-bond donors (Lipinski definition) is 1. The van der Waals surface area contributed by atoms with Crippen LogP contribution in [0, 0.1) is 5.41 Å². The molecule has 0 aliphatic heterocycles. The number of esters is 1. The molecule has 1 amide bonds. The molecule has 0 atom stereocenters. The lowest BCUT2D eigenvalue weighted by Crippen LogP contribution is -2.42. The average molecular weight is 341 g/mol. The Kier molecular flexibility index (Phi) is 5.16. The number of benzene rings is 1. The number of hydrogen-bond acceptors (Lipinski definition) is 4. The molecular formula is C19H23N3O3. The minimum absolute atomic E-state index is 0.146. The zero-order valence-corrected chi connectivity index (χ0v) is 14.4. The Labute approximate surface area is 147 Å². The van der Waals surface area contributed by atoms with Crippen LogP contribution in [-0.4, -0.2) is 28.3 Å². The third kappa shape index (κ3) is 4.07. The highest BCUT2D eigenvalue weighted by molar-refractivity contribution is 5.94. The van der Waals surface area contributed by atoms with Gasteiger partial charge in [0.15, 0.2) is 0 Å². The number of carbonyl (C=O) groups excluding carboxylic acids is 2. The normalized spacial score (nSPS) is 15.2. The van der Waals surface area contributed by atoms with E-state index in [4.69, 9.17) is 4.74 Å². The van der Waals surface area contributed by atoms with E-state index in [9.17, 15) is 9.59 Å². The summed E-state index contributed by atoms with van der Waals surface area (Å²) in [5.41, 5.74) is 1.20. The fourth-order valence-electron chi connectivity index (χ4n) is 3.13.